The smallest absolute Gasteiger partial charge is 0.416 e. The van der Waals surface area contributed by atoms with Crippen molar-refractivity contribution in [3.63, 3.8) is 0 Å². The fourth-order valence-electron chi connectivity index (χ4n) is 5.87. The third-order valence-corrected chi connectivity index (χ3v) is 7.82. The molecule has 1 unspecified atom stereocenters. The third-order valence-electron chi connectivity index (χ3n) is 7.82. The highest BCUT2D eigenvalue weighted by molar-refractivity contribution is 5.82. The lowest BCUT2D eigenvalue weighted by Gasteiger charge is -2.28. The Balaban J connectivity index is 2.14. The number of hydrogen-bond donors (Lipinski definition) is 2. The second-order valence-electron chi connectivity index (χ2n) is 12.3. The van der Waals surface area contributed by atoms with Crippen molar-refractivity contribution >= 4 is 11.9 Å². The lowest BCUT2D eigenvalue weighted by atomic mass is 9.89. The van der Waals surface area contributed by atoms with Gasteiger partial charge in [-0.05, 0) is 99.6 Å². The van der Waals surface area contributed by atoms with Crippen LogP contribution < -0.4 is 10.9 Å². The number of rotatable bonds is 11. The van der Waals surface area contributed by atoms with Gasteiger partial charge in [-0.2, -0.15) is 13.2 Å². The summed E-state index contributed by atoms with van der Waals surface area (Å²) in [5.74, 6) is -3.40. The highest BCUT2D eigenvalue weighted by Crippen LogP contribution is 2.35. The lowest BCUT2D eigenvalue weighted by molar-refractivity contribution is -0.139. The fraction of sp³-hybridized carbons (Fsp3) is 0.441. The van der Waals surface area contributed by atoms with E-state index in [1.54, 1.807) is 45.8 Å². The molecule has 0 saturated heterocycles. The molecule has 0 bridgehead atoms. The van der Waals surface area contributed by atoms with E-state index in [1.807, 2.05) is 32.9 Å². The van der Waals surface area contributed by atoms with Crippen LogP contribution >= 0.6 is 0 Å². The third kappa shape index (κ3) is 8.39. The van der Waals surface area contributed by atoms with Crippen LogP contribution in [0.5, 0.6) is 0 Å². The molecular formula is C34H41F4N3O4. The first-order valence-electron chi connectivity index (χ1n) is 14.7. The largest absolute Gasteiger partial charge is 0.481 e. The van der Waals surface area contributed by atoms with Gasteiger partial charge < -0.3 is 19.9 Å². The van der Waals surface area contributed by atoms with Crippen LogP contribution in [0.1, 0.15) is 71.3 Å². The molecule has 0 saturated carbocycles. The summed E-state index contributed by atoms with van der Waals surface area (Å²) in [6.45, 7) is 10.9. The molecule has 244 valence electrons. The molecule has 1 amide bonds. The maximum absolute atomic E-state index is 15.7. The molecule has 2 N–H and O–H groups in total. The first-order chi connectivity index (χ1) is 20.8. The summed E-state index contributed by atoms with van der Waals surface area (Å²) in [5.41, 5.74) is 2.36. The molecule has 1 heterocycles. The molecular weight excluding hydrogens is 590 g/mol. The van der Waals surface area contributed by atoms with Crippen LogP contribution in [0.15, 0.2) is 41.3 Å². The van der Waals surface area contributed by atoms with Gasteiger partial charge in [-0.1, -0.05) is 31.5 Å². The van der Waals surface area contributed by atoms with Crippen molar-refractivity contribution in [3.05, 3.63) is 91.6 Å². The van der Waals surface area contributed by atoms with Gasteiger partial charge >= 0.3 is 12.1 Å². The molecule has 3 rings (SSSR count). The number of benzene rings is 2. The number of hydrogen-bond acceptors (Lipinski definition) is 4. The van der Waals surface area contributed by atoms with Gasteiger partial charge in [0.1, 0.15) is 11.9 Å². The van der Waals surface area contributed by atoms with E-state index in [9.17, 15) is 32.7 Å². The topological polar surface area (TPSA) is 91.6 Å². The summed E-state index contributed by atoms with van der Waals surface area (Å²) in [4.78, 5) is 40.6. The number of nitrogens with one attached hydrogen (secondary N) is 1. The average Bonchev–Trinajstić information content (AvgIpc) is 2.88. The van der Waals surface area contributed by atoms with Crippen LogP contribution in [0, 0.1) is 39.4 Å². The number of carboxylic acid groups (broad SMARTS) is 1. The summed E-state index contributed by atoms with van der Waals surface area (Å²) in [5, 5.41) is 12.4. The molecule has 0 aliphatic rings. The Morgan fingerprint density at radius 1 is 0.978 bits per heavy atom. The minimum atomic E-state index is -4.78. The van der Waals surface area contributed by atoms with Crippen LogP contribution in [0.25, 0.3) is 11.1 Å². The molecule has 0 fully saturated rings. The predicted octanol–water partition coefficient (Wildman–Crippen LogP) is 6.54. The predicted molar refractivity (Wildman–Crippen MR) is 166 cm³/mol. The molecule has 7 nitrogen and oxygen atoms in total. The summed E-state index contributed by atoms with van der Waals surface area (Å²) in [6.07, 6.45) is -4.43. The van der Waals surface area contributed by atoms with Crippen molar-refractivity contribution in [2.75, 3.05) is 20.6 Å². The highest BCUT2D eigenvalue weighted by atomic mass is 19.4. The number of halogens is 4. The van der Waals surface area contributed by atoms with Crippen LogP contribution in [0.4, 0.5) is 17.6 Å². The summed E-state index contributed by atoms with van der Waals surface area (Å²) >= 11 is 0. The zero-order chi connectivity index (χ0) is 34.0. The van der Waals surface area contributed by atoms with Crippen molar-refractivity contribution in [2.45, 2.75) is 72.6 Å². The van der Waals surface area contributed by atoms with Gasteiger partial charge in [-0.3, -0.25) is 14.4 Å². The summed E-state index contributed by atoms with van der Waals surface area (Å²) in [6, 6.07) is 5.01. The van der Waals surface area contributed by atoms with Crippen molar-refractivity contribution in [2.24, 2.45) is 5.92 Å². The summed E-state index contributed by atoms with van der Waals surface area (Å²) < 4.78 is 58.2. The van der Waals surface area contributed by atoms with Gasteiger partial charge in [-0.25, -0.2) is 4.39 Å². The van der Waals surface area contributed by atoms with Crippen molar-refractivity contribution < 1.29 is 32.3 Å². The van der Waals surface area contributed by atoms with E-state index in [-0.39, 0.29) is 29.7 Å². The Hall–Kier alpha value is -3.99. The molecule has 0 spiro atoms. The minimum Gasteiger partial charge on any atom is -0.481 e. The molecule has 0 aliphatic carbocycles. The Morgan fingerprint density at radius 3 is 2.09 bits per heavy atom. The maximum Gasteiger partial charge on any atom is 0.416 e. The molecule has 1 aromatic heterocycles. The molecule has 0 radical (unpaired) electrons. The molecule has 2 aromatic carbocycles. The monoisotopic (exact) mass is 631 g/mol. The number of nitrogens with zero attached hydrogens (tertiary/aromatic N) is 2. The number of carbonyl (C=O) groups is 2. The molecule has 11 heteroatoms. The standard InChI is InChI=1S/C34H41F4N3O4/c1-18(2)32(41-17-23(9-10-40(7)8)26(15-28(41)42)34(36,37)38)33(45)39-27(16-29(43)44)25-14-24(13-22(6)31(25)35)30-20(4)11-19(3)12-21(30)5/h11-15,17-18,27,32H,9-10,16H2,1-8H3,(H,39,45)(H,43,44)/t27-,32?/m0/s1. The van der Waals surface area contributed by atoms with Crippen LogP contribution in [0.3, 0.4) is 0 Å². The van der Waals surface area contributed by atoms with Crippen molar-refractivity contribution in [1.82, 2.24) is 14.8 Å². The molecule has 2 atom stereocenters. The average molecular weight is 632 g/mol. The van der Waals surface area contributed by atoms with E-state index in [0.717, 1.165) is 33.0 Å². The molecule has 0 aliphatic heterocycles. The second-order valence-corrected chi connectivity index (χ2v) is 12.3. The fourth-order valence-corrected chi connectivity index (χ4v) is 5.87. The first kappa shape index (κ1) is 35.5. The van der Waals surface area contributed by atoms with E-state index >= 15 is 4.39 Å². The van der Waals surface area contributed by atoms with Crippen LogP contribution in [-0.4, -0.2) is 47.1 Å². The Kier molecular flexibility index (Phi) is 11.0. The zero-order valence-electron chi connectivity index (χ0n) is 26.9. The van der Waals surface area contributed by atoms with E-state index in [2.05, 4.69) is 5.32 Å². The van der Waals surface area contributed by atoms with E-state index in [4.69, 9.17) is 0 Å². The number of aliphatic carboxylic acids is 1. The Bertz CT molecular complexity index is 1620. The van der Waals surface area contributed by atoms with Crippen molar-refractivity contribution in [1.29, 1.82) is 0 Å². The lowest BCUT2D eigenvalue weighted by Crippen LogP contribution is -2.42. The van der Waals surface area contributed by atoms with E-state index < -0.39 is 59.4 Å². The second kappa shape index (κ2) is 14.0. The van der Waals surface area contributed by atoms with Gasteiger partial charge in [0, 0.05) is 24.4 Å². The SMILES string of the molecule is Cc1cc(C)c(-c2cc(C)c(F)c([C@H](CC(=O)O)NC(=O)C(C(C)C)n3cc(CCN(C)C)c(C(F)(F)F)cc3=O)c2)c(C)c1. The van der Waals surface area contributed by atoms with E-state index in [0.29, 0.717) is 11.6 Å². The van der Waals surface area contributed by atoms with Crippen LogP contribution in [0.2, 0.25) is 0 Å². The highest BCUT2D eigenvalue weighted by Gasteiger charge is 2.36. The first-order valence-corrected chi connectivity index (χ1v) is 14.7. The van der Waals surface area contributed by atoms with Gasteiger partial charge in [0.25, 0.3) is 5.56 Å². The number of carbonyl (C=O) groups excluding carboxylic acids is 1. The maximum atomic E-state index is 15.7. The van der Waals surface area contributed by atoms with Crippen LogP contribution in [-0.2, 0) is 22.2 Å². The number of aromatic nitrogens is 1. The quantitative estimate of drug-likeness (QED) is 0.235. The van der Waals surface area contributed by atoms with Gasteiger partial charge in [0.15, 0.2) is 0 Å². The van der Waals surface area contributed by atoms with Gasteiger partial charge in [0.2, 0.25) is 5.91 Å². The number of amides is 1. The molecule has 45 heavy (non-hydrogen) atoms. The normalized spacial score (nSPS) is 13.3. The number of carboxylic acids is 1. The van der Waals surface area contributed by atoms with Gasteiger partial charge in [0.05, 0.1) is 18.0 Å². The number of pyridine rings is 1. The molecule has 3 aromatic rings. The Labute approximate surface area is 260 Å². The number of alkyl halides is 3. The number of aryl methyl sites for hydroxylation is 4. The van der Waals surface area contributed by atoms with Crippen molar-refractivity contribution in [3.8, 4) is 11.1 Å². The summed E-state index contributed by atoms with van der Waals surface area (Å²) in [7, 11) is 3.40. The minimum absolute atomic E-state index is 0.0364. The zero-order valence-corrected chi connectivity index (χ0v) is 26.9. The van der Waals surface area contributed by atoms with E-state index in [1.165, 1.54) is 6.07 Å². The Morgan fingerprint density at radius 2 is 1.58 bits per heavy atom. The van der Waals surface area contributed by atoms with Gasteiger partial charge in [-0.15, -0.1) is 0 Å². The number of likely N-dealkylation sites (N-methyl/N-ethyl adjacent to an activating group) is 1.